The van der Waals surface area contributed by atoms with Gasteiger partial charge in [-0.3, -0.25) is 0 Å². The van der Waals surface area contributed by atoms with Gasteiger partial charge in [-0.25, -0.2) is 4.79 Å². The number of nitrogens with two attached hydrogens (primary N) is 1. The zero-order chi connectivity index (χ0) is 12.8. The van der Waals surface area contributed by atoms with Crippen LogP contribution in [-0.4, -0.2) is 18.3 Å². The number of rotatable bonds is 5. The van der Waals surface area contributed by atoms with Crippen molar-refractivity contribution in [2.75, 3.05) is 18.1 Å². The van der Waals surface area contributed by atoms with E-state index in [0.29, 0.717) is 23.6 Å². The van der Waals surface area contributed by atoms with Crippen molar-refractivity contribution in [3.05, 3.63) is 34.8 Å². The number of carbonyl (C=O) groups is 1. The second kappa shape index (κ2) is 6.71. The van der Waals surface area contributed by atoms with Crippen LogP contribution in [0.1, 0.15) is 6.92 Å². The first-order valence-electron chi connectivity index (χ1n) is 5.07. The molecule has 0 bridgehead atoms. The topological polar surface area (TPSA) is 52.3 Å². The molecule has 0 spiro atoms. The van der Waals surface area contributed by atoms with Crippen LogP contribution in [0.5, 0.6) is 0 Å². The van der Waals surface area contributed by atoms with Gasteiger partial charge in [0.05, 0.1) is 6.61 Å². The van der Waals surface area contributed by atoms with Crippen LogP contribution in [0.4, 0.5) is 5.69 Å². The molecular weight excluding hydrogens is 302 g/mol. The Morgan fingerprint density at radius 3 is 2.88 bits per heavy atom. The molecule has 3 nitrogen and oxygen atoms in total. The Bertz CT molecular complexity index is 435. The number of anilines is 1. The number of hydrogen-bond donors (Lipinski definition) is 1. The lowest BCUT2D eigenvalue weighted by Gasteiger charge is -2.07. The van der Waals surface area contributed by atoms with Crippen LogP contribution in [0.2, 0.25) is 0 Å². The van der Waals surface area contributed by atoms with E-state index in [0.717, 1.165) is 9.37 Å². The molecule has 0 saturated heterocycles. The molecule has 2 N–H and O–H groups in total. The van der Waals surface area contributed by atoms with Gasteiger partial charge in [-0.1, -0.05) is 22.5 Å². The van der Waals surface area contributed by atoms with Crippen LogP contribution in [0, 0.1) is 0 Å². The van der Waals surface area contributed by atoms with Crippen molar-refractivity contribution in [3.63, 3.8) is 0 Å². The highest BCUT2D eigenvalue weighted by Gasteiger charge is 2.09. The number of thioether (sulfide) groups is 1. The quantitative estimate of drug-likeness (QED) is 0.392. The zero-order valence-corrected chi connectivity index (χ0v) is 11.9. The molecule has 0 aliphatic rings. The Morgan fingerprint density at radius 1 is 1.59 bits per heavy atom. The molecule has 0 aromatic heterocycles. The number of esters is 1. The lowest BCUT2D eigenvalue weighted by Crippen LogP contribution is -2.08. The summed E-state index contributed by atoms with van der Waals surface area (Å²) < 4.78 is 5.78. The Kier molecular flexibility index (Phi) is 5.58. The Hall–Kier alpha value is -0.940. The first-order chi connectivity index (χ1) is 8.04. The first kappa shape index (κ1) is 14.1. The molecule has 1 aromatic carbocycles. The molecule has 92 valence electrons. The summed E-state index contributed by atoms with van der Waals surface area (Å²) in [4.78, 5) is 12.3. The fourth-order valence-corrected chi connectivity index (χ4v) is 2.32. The fraction of sp³-hybridized carbons (Fsp3) is 0.250. The Balaban J connectivity index is 2.56. The maximum absolute atomic E-state index is 11.3. The number of carbonyl (C=O) groups excluding carboxylic acids is 1. The van der Waals surface area contributed by atoms with Gasteiger partial charge in [0, 0.05) is 26.4 Å². The molecule has 0 aliphatic carbocycles. The zero-order valence-electron chi connectivity index (χ0n) is 9.53. The third-order valence-electron chi connectivity index (χ3n) is 1.94. The molecular formula is C12H14BrNO2S. The summed E-state index contributed by atoms with van der Waals surface area (Å²) in [5, 5.41) is 0. The minimum Gasteiger partial charge on any atom is -0.463 e. The van der Waals surface area contributed by atoms with Gasteiger partial charge in [0.1, 0.15) is 0 Å². The number of hydrogen-bond acceptors (Lipinski definition) is 4. The number of ether oxygens (including phenoxy) is 1. The van der Waals surface area contributed by atoms with E-state index in [2.05, 4.69) is 22.5 Å². The third-order valence-corrected chi connectivity index (χ3v) is 3.61. The number of nitrogen functional groups attached to an aromatic ring is 1. The van der Waals surface area contributed by atoms with Crippen LogP contribution in [-0.2, 0) is 9.53 Å². The smallest absolute Gasteiger partial charge is 0.334 e. The average Bonchev–Trinajstić information content (AvgIpc) is 2.27. The second-order valence-electron chi connectivity index (χ2n) is 3.29. The molecule has 5 heteroatoms. The van der Waals surface area contributed by atoms with Gasteiger partial charge in [-0.05, 0) is 25.1 Å². The molecule has 0 fully saturated rings. The first-order valence-corrected chi connectivity index (χ1v) is 6.85. The van der Waals surface area contributed by atoms with Crippen LogP contribution >= 0.6 is 27.7 Å². The average molecular weight is 316 g/mol. The van der Waals surface area contributed by atoms with Gasteiger partial charge in [0.15, 0.2) is 0 Å². The molecule has 0 atom stereocenters. The molecule has 0 amide bonds. The largest absolute Gasteiger partial charge is 0.463 e. The van der Waals surface area contributed by atoms with Gasteiger partial charge >= 0.3 is 5.97 Å². The highest BCUT2D eigenvalue weighted by molar-refractivity contribution is 9.10. The van der Waals surface area contributed by atoms with Crippen molar-refractivity contribution in [2.45, 2.75) is 11.8 Å². The maximum Gasteiger partial charge on any atom is 0.334 e. The predicted octanol–water partition coefficient (Wildman–Crippen LogP) is 3.24. The minimum absolute atomic E-state index is 0.351. The maximum atomic E-state index is 11.3. The van der Waals surface area contributed by atoms with Crippen molar-refractivity contribution in [1.29, 1.82) is 0 Å². The monoisotopic (exact) mass is 315 g/mol. The highest BCUT2D eigenvalue weighted by Crippen LogP contribution is 2.28. The second-order valence-corrected chi connectivity index (χ2v) is 5.23. The van der Waals surface area contributed by atoms with Crippen LogP contribution < -0.4 is 5.73 Å². The summed E-state index contributed by atoms with van der Waals surface area (Å²) in [6, 6.07) is 5.64. The summed E-state index contributed by atoms with van der Waals surface area (Å²) >= 11 is 4.81. The van der Waals surface area contributed by atoms with Crippen molar-refractivity contribution in [2.24, 2.45) is 0 Å². The van der Waals surface area contributed by atoms with E-state index < -0.39 is 0 Å². The predicted molar refractivity (Wildman–Crippen MR) is 75.1 cm³/mol. The van der Waals surface area contributed by atoms with Gasteiger partial charge in [-0.2, -0.15) is 0 Å². The molecule has 0 saturated carbocycles. The molecule has 0 aliphatic heterocycles. The highest BCUT2D eigenvalue weighted by atomic mass is 79.9. The van der Waals surface area contributed by atoms with Crippen molar-refractivity contribution < 1.29 is 9.53 Å². The third kappa shape index (κ3) is 4.44. The van der Waals surface area contributed by atoms with Gasteiger partial charge < -0.3 is 10.5 Å². The lowest BCUT2D eigenvalue weighted by molar-refractivity contribution is -0.138. The van der Waals surface area contributed by atoms with E-state index in [1.165, 1.54) is 11.8 Å². The number of halogens is 1. The summed E-state index contributed by atoms with van der Waals surface area (Å²) in [5.41, 5.74) is 6.97. The van der Waals surface area contributed by atoms with Crippen LogP contribution in [0.15, 0.2) is 39.7 Å². The summed E-state index contributed by atoms with van der Waals surface area (Å²) in [6.45, 7) is 5.82. The Morgan fingerprint density at radius 2 is 2.29 bits per heavy atom. The van der Waals surface area contributed by atoms with Gasteiger partial charge in [0.2, 0.25) is 0 Å². The van der Waals surface area contributed by atoms with Crippen molar-refractivity contribution in [1.82, 2.24) is 0 Å². The molecule has 0 unspecified atom stereocenters. The molecule has 1 rings (SSSR count). The summed E-state index contributed by atoms with van der Waals surface area (Å²) in [5.74, 6) is 0.126. The molecule has 0 heterocycles. The summed E-state index contributed by atoms with van der Waals surface area (Å²) in [6.07, 6.45) is 0. The molecule has 1 aromatic rings. The van der Waals surface area contributed by atoms with E-state index in [1.807, 2.05) is 18.2 Å². The van der Waals surface area contributed by atoms with Gasteiger partial charge in [-0.15, -0.1) is 11.8 Å². The number of benzene rings is 1. The molecule has 17 heavy (non-hydrogen) atoms. The lowest BCUT2D eigenvalue weighted by atomic mass is 10.3. The SMILES string of the molecule is C=C(CSc1ccc(Br)cc1N)C(=O)OCC. The van der Waals surface area contributed by atoms with E-state index >= 15 is 0 Å². The van der Waals surface area contributed by atoms with E-state index in [-0.39, 0.29) is 5.97 Å². The summed E-state index contributed by atoms with van der Waals surface area (Å²) in [7, 11) is 0. The van der Waals surface area contributed by atoms with Crippen LogP contribution in [0.25, 0.3) is 0 Å². The van der Waals surface area contributed by atoms with E-state index in [9.17, 15) is 4.79 Å². The van der Waals surface area contributed by atoms with E-state index in [4.69, 9.17) is 10.5 Å². The van der Waals surface area contributed by atoms with E-state index in [1.54, 1.807) is 6.92 Å². The van der Waals surface area contributed by atoms with Crippen molar-refractivity contribution >= 4 is 39.3 Å². The molecule has 0 radical (unpaired) electrons. The fourth-order valence-electron chi connectivity index (χ4n) is 1.11. The minimum atomic E-state index is -0.351. The van der Waals surface area contributed by atoms with Crippen LogP contribution in [0.3, 0.4) is 0 Å². The Labute approximate surface area is 114 Å². The van der Waals surface area contributed by atoms with Crippen molar-refractivity contribution in [3.8, 4) is 0 Å². The normalized spacial score (nSPS) is 10.0. The van der Waals surface area contributed by atoms with Gasteiger partial charge in [0.25, 0.3) is 0 Å². The standard InChI is InChI=1S/C12H14BrNO2S/c1-3-16-12(15)8(2)7-17-11-5-4-9(13)6-10(11)14/h4-6H,2-3,7,14H2,1H3.